The van der Waals surface area contributed by atoms with E-state index in [2.05, 4.69) is 0 Å². The average Bonchev–Trinajstić information content (AvgIpc) is 2.76. The summed E-state index contributed by atoms with van der Waals surface area (Å²) in [4.78, 5) is 12.4. The quantitative estimate of drug-likeness (QED) is 0.295. The monoisotopic (exact) mass is 442 g/mol. The molecule has 3 aromatic carbocycles. The molecule has 0 bridgehead atoms. The third-order valence-corrected chi connectivity index (χ3v) is 4.93. The zero-order valence-electron chi connectivity index (χ0n) is 16.5. The normalized spacial score (nSPS) is 10.8. The summed E-state index contributed by atoms with van der Waals surface area (Å²) in [5, 5.41) is 0.803. The molecule has 0 unspecified atom stereocenters. The molecular weight excluding hydrogens is 423 g/mol. The summed E-state index contributed by atoms with van der Waals surface area (Å²) in [5.41, 5.74) is 2.09. The second kappa shape index (κ2) is 10.2. The number of benzene rings is 3. The molecule has 0 amide bonds. The summed E-state index contributed by atoms with van der Waals surface area (Å²) in [7, 11) is 3.22. The van der Waals surface area contributed by atoms with Crippen LogP contribution in [0, 0.1) is 0 Å². The van der Waals surface area contributed by atoms with Crippen LogP contribution in [0.2, 0.25) is 10.0 Å². The number of halogens is 2. The number of hydrogen-bond donors (Lipinski definition) is 0. The highest BCUT2D eigenvalue weighted by molar-refractivity contribution is 6.37. The van der Waals surface area contributed by atoms with Crippen LogP contribution in [-0.4, -0.2) is 20.0 Å². The highest BCUT2D eigenvalue weighted by atomic mass is 35.5. The van der Waals surface area contributed by atoms with Gasteiger partial charge in [0, 0.05) is 16.1 Å². The Morgan fingerprint density at radius 1 is 0.900 bits per heavy atom. The molecule has 0 saturated heterocycles. The van der Waals surface area contributed by atoms with E-state index in [-0.39, 0.29) is 5.78 Å². The fourth-order valence-electron chi connectivity index (χ4n) is 2.80. The lowest BCUT2D eigenvalue weighted by atomic mass is 10.1. The van der Waals surface area contributed by atoms with Crippen molar-refractivity contribution in [2.45, 2.75) is 6.61 Å². The predicted molar refractivity (Wildman–Crippen MR) is 120 cm³/mol. The zero-order chi connectivity index (χ0) is 21.5. The van der Waals surface area contributed by atoms with Crippen LogP contribution in [0.1, 0.15) is 21.5 Å². The van der Waals surface area contributed by atoms with Crippen molar-refractivity contribution in [2.75, 3.05) is 14.2 Å². The van der Waals surface area contributed by atoms with Gasteiger partial charge < -0.3 is 14.2 Å². The molecule has 0 radical (unpaired) electrons. The van der Waals surface area contributed by atoms with Crippen molar-refractivity contribution in [1.29, 1.82) is 0 Å². The van der Waals surface area contributed by atoms with Crippen molar-refractivity contribution in [3.8, 4) is 17.2 Å². The number of carbonyl (C=O) groups is 1. The molecule has 3 aromatic rings. The Hall–Kier alpha value is -2.95. The van der Waals surface area contributed by atoms with Crippen LogP contribution in [0.3, 0.4) is 0 Å². The summed E-state index contributed by atoms with van der Waals surface area (Å²) in [6.45, 7) is 0.314. The van der Waals surface area contributed by atoms with Crippen molar-refractivity contribution in [3.05, 3.63) is 93.5 Å². The number of ketones is 1. The molecular formula is C24H20Cl2O4. The Labute approximate surface area is 185 Å². The van der Waals surface area contributed by atoms with Crippen LogP contribution in [0.5, 0.6) is 17.2 Å². The maximum Gasteiger partial charge on any atom is 0.187 e. The first-order valence-electron chi connectivity index (χ1n) is 9.11. The average molecular weight is 443 g/mol. The van der Waals surface area contributed by atoms with Crippen molar-refractivity contribution in [3.63, 3.8) is 0 Å². The van der Waals surface area contributed by atoms with E-state index in [9.17, 15) is 4.79 Å². The van der Waals surface area contributed by atoms with Crippen molar-refractivity contribution in [2.24, 2.45) is 0 Å². The summed E-state index contributed by atoms with van der Waals surface area (Å²) in [6, 6.07) is 17.7. The number of methoxy groups -OCH3 is 2. The number of carbonyl (C=O) groups excluding carboxylic acids is 1. The highest BCUT2D eigenvalue weighted by Gasteiger charge is 2.09. The molecule has 30 heavy (non-hydrogen) atoms. The Bertz CT molecular complexity index is 1060. The van der Waals surface area contributed by atoms with Gasteiger partial charge in [-0.15, -0.1) is 0 Å². The minimum Gasteiger partial charge on any atom is -0.497 e. The van der Waals surface area contributed by atoms with Crippen LogP contribution in [0.25, 0.3) is 6.08 Å². The SMILES string of the molecule is COc1ccc(OCc2cc(/C=C/C(=O)c3ccc(Cl)cc3Cl)ccc2OC)cc1. The molecule has 0 heterocycles. The van der Waals surface area contributed by atoms with Gasteiger partial charge in [0.1, 0.15) is 23.9 Å². The molecule has 0 atom stereocenters. The lowest BCUT2D eigenvalue weighted by Gasteiger charge is -2.11. The molecule has 0 saturated carbocycles. The van der Waals surface area contributed by atoms with E-state index < -0.39 is 0 Å². The van der Waals surface area contributed by atoms with E-state index in [1.54, 1.807) is 38.5 Å². The van der Waals surface area contributed by atoms with Crippen LogP contribution in [0.4, 0.5) is 0 Å². The molecule has 0 aliphatic carbocycles. The largest absolute Gasteiger partial charge is 0.497 e. The van der Waals surface area contributed by atoms with E-state index in [1.807, 2.05) is 42.5 Å². The van der Waals surface area contributed by atoms with Gasteiger partial charge in [0.25, 0.3) is 0 Å². The van der Waals surface area contributed by atoms with E-state index in [4.69, 9.17) is 37.4 Å². The number of ether oxygens (including phenoxy) is 3. The standard InChI is InChI=1S/C24H20Cl2O4/c1-28-19-6-8-20(9-7-19)30-15-17-13-16(4-12-24(17)29-2)3-11-23(27)21-10-5-18(25)14-22(21)26/h3-14H,15H2,1-2H3/b11-3+. The fraction of sp³-hybridized carbons (Fsp3) is 0.125. The molecule has 0 fully saturated rings. The molecule has 0 aliphatic rings. The Kier molecular flexibility index (Phi) is 7.39. The first-order valence-corrected chi connectivity index (χ1v) is 9.87. The van der Waals surface area contributed by atoms with Gasteiger partial charge in [0.05, 0.1) is 19.2 Å². The van der Waals surface area contributed by atoms with Gasteiger partial charge in [0.15, 0.2) is 5.78 Å². The molecule has 0 spiro atoms. The van der Waals surface area contributed by atoms with Crippen LogP contribution in [0.15, 0.2) is 66.7 Å². The molecule has 0 aliphatic heterocycles. The molecule has 0 N–H and O–H groups in total. The van der Waals surface area contributed by atoms with E-state index >= 15 is 0 Å². The highest BCUT2D eigenvalue weighted by Crippen LogP contribution is 2.25. The summed E-state index contributed by atoms with van der Waals surface area (Å²) in [6.07, 6.45) is 3.20. The van der Waals surface area contributed by atoms with Crippen molar-refractivity contribution >= 4 is 35.1 Å². The Morgan fingerprint density at radius 3 is 2.30 bits per heavy atom. The van der Waals surface area contributed by atoms with Gasteiger partial charge in [-0.3, -0.25) is 4.79 Å². The smallest absolute Gasteiger partial charge is 0.187 e. The number of rotatable bonds is 8. The lowest BCUT2D eigenvalue weighted by Crippen LogP contribution is -1.99. The molecule has 3 rings (SSSR count). The number of hydrogen-bond acceptors (Lipinski definition) is 4. The zero-order valence-corrected chi connectivity index (χ0v) is 18.0. The van der Waals surface area contributed by atoms with Gasteiger partial charge >= 0.3 is 0 Å². The maximum absolute atomic E-state index is 12.4. The molecule has 0 aromatic heterocycles. The first-order chi connectivity index (χ1) is 14.5. The summed E-state index contributed by atoms with van der Waals surface area (Å²) in [5.74, 6) is 1.97. The third kappa shape index (κ3) is 5.56. The summed E-state index contributed by atoms with van der Waals surface area (Å²) >= 11 is 12.0. The van der Waals surface area contributed by atoms with Crippen LogP contribution in [-0.2, 0) is 6.61 Å². The van der Waals surface area contributed by atoms with E-state index in [1.165, 1.54) is 6.08 Å². The number of allylic oxidation sites excluding steroid dienone is 1. The second-order valence-electron chi connectivity index (χ2n) is 6.36. The van der Waals surface area contributed by atoms with Gasteiger partial charge in [-0.1, -0.05) is 35.3 Å². The van der Waals surface area contributed by atoms with Gasteiger partial charge in [0.2, 0.25) is 0 Å². The van der Waals surface area contributed by atoms with Crippen LogP contribution < -0.4 is 14.2 Å². The van der Waals surface area contributed by atoms with Gasteiger partial charge in [-0.2, -0.15) is 0 Å². The minimum atomic E-state index is -0.205. The van der Waals surface area contributed by atoms with Gasteiger partial charge in [-0.25, -0.2) is 0 Å². The Morgan fingerprint density at radius 2 is 1.63 bits per heavy atom. The van der Waals surface area contributed by atoms with Crippen LogP contribution >= 0.6 is 23.2 Å². The van der Waals surface area contributed by atoms with Gasteiger partial charge in [-0.05, 0) is 66.2 Å². The first kappa shape index (κ1) is 21.8. The molecule has 154 valence electrons. The topological polar surface area (TPSA) is 44.8 Å². The maximum atomic E-state index is 12.4. The van der Waals surface area contributed by atoms with Crippen molar-refractivity contribution < 1.29 is 19.0 Å². The van der Waals surface area contributed by atoms with E-state index in [0.717, 1.165) is 16.9 Å². The fourth-order valence-corrected chi connectivity index (χ4v) is 3.30. The third-order valence-electron chi connectivity index (χ3n) is 4.38. The summed E-state index contributed by atoms with van der Waals surface area (Å²) < 4.78 is 16.4. The predicted octanol–water partition coefficient (Wildman–Crippen LogP) is 6.49. The Balaban J connectivity index is 1.74. The minimum absolute atomic E-state index is 0.205. The van der Waals surface area contributed by atoms with E-state index in [0.29, 0.717) is 33.7 Å². The molecule has 4 nitrogen and oxygen atoms in total. The van der Waals surface area contributed by atoms with Crippen molar-refractivity contribution in [1.82, 2.24) is 0 Å². The second-order valence-corrected chi connectivity index (χ2v) is 7.20. The lowest BCUT2D eigenvalue weighted by molar-refractivity contribution is 0.104. The molecule has 6 heteroatoms.